The van der Waals surface area contributed by atoms with Crippen LogP contribution >= 0.6 is 0 Å². The number of rotatable bonds is 8. The van der Waals surface area contributed by atoms with Crippen molar-refractivity contribution < 1.29 is 14.3 Å². The number of ether oxygens (including phenoxy) is 2. The summed E-state index contributed by atoms with van der Waals surface area (Å²) in [5.41, 5.74) is 10.6. The number of benzene rings is 3. The Balaban J connectivity index is 1.17. The van der Waals surface area contributed by atoms with Gasteiger partial charge in [0.25, 0.3) is 0 Å². The van der Waals surface area contributed by atoms with Crippen LogP contribution in [0.5, 0.6) is 11.5 Å². The number of aromatic nitrogens is 4. The number of imidazole rings is 2. The molecular weight excluding hydrogens is 470 g/mol. The van der Waals surface area contributed by atoms with Crippen LogP contribution in [0.4, 0.5) is 0 Å². The van der Waals surface area contributed by atoms with Crippen molar-refractivity contribution in [3.05, 3.63) is 83.4 Å². The minimum absolute atomic E-state index is 0.0143. The molecule has 1 aliphatic heterocycles. The summed E-state index contributed by atoms with van der Waals surface area (Å²) in [7, 11) is 0. The van der Waals surface area contributed by atoms with Crippen molar-refractivity contribution in [1.82, 2.24) is 24.8 Å². The Bertz CT molecular complexity index is 1650. The number of H-pyrrole nitrogens is 1. The molecule has 0 spiro atoms. The summed E-state index contributed by atoms with van der Waals surface area (Å²) in [6.45, 7) is 1.23. The predicted octanol–water partition coefficient (Wildman–Crippen LogP) is 2.88. The third kappa shape index (κ3) is 4.56. The maximum absolute atomic E-state index is 12.6. The van der Waals surface area contributed by atoms with Crippen molar-refractivity contribution in [3.63, 3.8) is 0 Å². The molecule has 2 aromatic heterocycles. The Morgan fingerprint density at radius 1 is 1.05 bits per heavy atom. The highest BCUT2D eigenvalue weighted by molar-refractivity contribution is 5.97. The van der Waals surface area contributed by atoms with Crippen molar-refractivity contribution in [3.8, 4) is 11.5 Å². The van der Waals surface area contributed by atoms with E-state index in [2.05, 4.69) is 14.9 Å². The number of carbonyl (C=O) groups is 1. The van der Waals surface area contributed by atoms with Crippen LogP contribution in [-0.2, 0) is 24.2 Å². The van der Waals surface area contributed by atoms with Gasteiger partial charge in [0.2, 0.25) is 12.7 Å². The van der Waals surface area contributed by atoms with E-state index in [9.17, 15) is 4.79 Å². The van der Waals surface area contributed by atoms with Gasteiger partial charge in [0.1, 0.15) is 17.5 Å². The number of nitrogens with one attached hydrogen (secondary N) is 3. The molecule has 1 aliphatic rings. The number of nitrogens with two attached hydrogens (primary N) is 1. The van der Waals surface area contributed by atoms with Gasteiger partial charge in [-0.15, -0.1) is 0 Å². The van der Waals surface area contributed by atoms with Gasteiger partial charge in [0.15, 0.2) is 11.5 Å². The van der Waals surface area contributed by atoms with Crippen molar-refractivity contribution in [2.75, 3.05) is 13.3 Å². The molecule has 5 N–H and O–H groups in total. The van der Waals surface area contributed by atoms with Gasteiger partial charge in [0.05, 0.1) is 34.9 Å². The summed E-state index contributed by atoms with van der Waals surface area (Å²) < 4.78 is 12.9. The molecular formula is C27H25N7O3. The fraction of sp³-hybridized carbons (Fsp3) is 0.185. The highest BCUT2D eigenvalue weighted by atomic mass is 16.7. The second kappa shape index (κ2) is 9.30. The third-order valence-electron chi connectivity index (χ3n) is 6.36. The molecule has 0 unspecified atom stereocenters. The van der Waals surface area contributed by atoms with E-state index >= 15 is 0 Å². The fourth-order valence-corrected chi connectivity index (χ4v) is 4.58. The standard InChI is InChI=1S/C27H25N7O3/c28-27(29)17-6-7-18-20(13-17)32-24(31-18)14-25-33-19-3-1-2-4-21(19)34(25)10-9-30-26(35)12-16-5-8-22-23(11-16)37-15-36-22/h1-8,11,13H,9-10,12,14-15H2,(H3,28,29)(H,30,35)(H,31,32). The first-order chi connectivity index (χ1) is 18.0. The molecule has 6 rings (SSSR count). The summed E-state index contributed by atoms with van der Waals surface area (Å²) in [5, 5.41) is 10.7. The summed E-state index contributed by atoms with van der Waals surface area (Å²) in [6.07, 6.45) is 0.749. The lowest BCUT2D eigenvalue weighted by atomic mass is 10.1. The Labute approximate surface area is 211 Å². The SMILES string of the molecule is N=C(N)c1ccc2nc(Cc3nc4ccccc4n3CCNC(=O)Cc3ccc4c(c3)OCO4)[nH]c2c1. The van der Waals surface area contributed by atoms with Crippen LogP contribution in [0.25, 0.3) is 22.1 Å². The number of carbonyl (C=O) groups excluding carboxylic acids is 1. The van der Waals surface area contributed by atoms with E-state index in [0.29, 0.717) is 36.6 Å². The number of hydrogen-bond donors (Lipinski definition) is 4. The van der Waals surface area contributed by atoms with E-state index in [4.69, 9.17) is 30.6 Å². The summed E-state index contributed by atoms with van der Waals surface area (Å²) in [5.74, 6) is 2.93. The quantitative estimate of drug-likeness (QED) is 0.192. The molecule has 0 atom stereocenters. The largest absolute Gasteiger partial charge is 0.454 e. The molecule has 3 heterocycles. The van der Waals surface area contributed by atoms with Crippen LogP contribution in [0, 0.1) is 5.41 Å². The Morgan fingerprint density at radius 2 is 1.92 bits per heavy atom. The van der Waals surface area contributed by atoms with Crippen molar-refractivity contribution >= 4 is 33.8 Å². The molecule has 0 radical (unpaired) electrons. The van der Waals surface area contributed by atoms with E-state index < -0.39 is 0 Å². The molecule has 3 aromatic carbocycles. The van der Waals surface area contributed by atoms with E-state index in [0.717, 1.165) is 39.3 Å². The number of nitrogens with zero attached hydrogens (tertiary/aromatic N) is 3. The Kier molecular flexibility index (Phi) is 5.68. The Morgan fingerprint density at radius 3 is 2.81 bits per heavy atom. The van der Waals surface area contributed by atoms with E-state index in [1.165, 1.54) is 0 Å². The second-order valence-electron chi connectivity index (χ2n) is 8.89. The highest BCUT2D eigenvalue weighted by Crippen LogP contribution is 2.32. The number of amides is 1. The van der Waals surface area contributed by atoms with Crippen LogP contribution in [0.15, 0.2) is 60.7 Å². The molecule has 0 bridgehead atoms. The normalized spacial score (nSPS) is 12.3. The first-order valence-corrected chi connectivity index (χ1v) is 12.0. The van der Waals surface area contributed by atoms with Gasteiger partial charge in [-0.3, -0.25) is 10.2 Å². The monoisotopic (exact) mass is 495 g/mol. The zero-order valence-electron chi connectivity index (χ0n) is 20.0. The number of fused-ring (bicyclic) bond motifs is 3. The maximum atomic E-state index is 12.6. The maximum Gasteiger partial charge on any atom is 0.231 e. The van der Waals surface area contributed by atoms with Crippen LogP contribution in [0.2, 0.25) is 0 Å². The number of para-hydroxylation sites is 2. The van der Waals surface area contributed by atoms with Gasteiger partial charge in [0, 0.05) is 18.7 Å². The smallest absolute Gasteiger partial charge is 0.231 e. The first-order valence-electron chi connectivity index (χ1n) is 12.0. The van der Waals surface area contributed by atoms with Gasteiger partial charge < -0.3 is 30.1 Å². The van der Waals surface area contributed by atoms with Crippen molar-refractivity contribution in [2.24, 2.45) is 5.73 Å². The Hall–Kier alpha value is -4.86. The predicted molar refractivity (Wildman–Crippen MR) is 139 cm³/mol. The molecule has 0 fully saturated rings. The van der Waals surface area contributed by atoms with E-state index in [1.54, 1.807) is 6.07 Å². The lowest BCUT2D eigenvalue weighted by molar-refractivity contribution is -0.120. The van der Waals surface area contributed by atoms with Crippen LogP contribution in [-0.4, -0.2) is 44.6 Å². The van der Waals surface area contributed by atoms with Gasteiger partial charge in [-0.05, 0) is 48.0 Å². The minimum Gasteiger partial charge on any atom is -0.454 e. The summed E-state index contributed by atoms with van der Waals surface area (Å²) >= 11 is 0. The summed E-state index contributed by atoms with van der Waals surface area (Å²) in [4.78, 5) is 25.5. The number of aromatic amines is 1. The number of nitrogen functional groups attached to an aromatic ring is 1. The van der Waals surface area contributed by atoms with Crippen molar-refractivity contribution in [1.29, 1.82) is 5.41 Å². The molecule has 0 aliphatic carbocycles. The molecule has 186 valence electrons. The second-order valence-corrected chi connectivity index (χ2v) is 8.89. The lowest BCUT2D eigenvalue weighted by Crippen LogP contribution is -2.29. The average Bonchev–Trinajstić information content (AvgIpc) is 3.60. The average molecular weight is 496 g/mol. The topological polar surface area (TPSA) is 144 Å². The van der Waals surface area contributed by atoms with Gasteiger partial charge in [-0.2, -0.15) is 0 Å². The zero-order valence-corrected chi connectivity index (χ0v) is 20.0. The fourth-order valence-electron chi connectivity index (χ4n) is 4.58. The zero-order chi connectivity index (χ0) is 25.4. The summed E-state index contributed by atoms with van der Waals surface area (Å²) in [6, 6.07) is 19.0. The molecule has 10 heteroatoms. The molecule has 1 amide bonds. The molecule has 0 saturated carbocycles. The van der Waals surface area contributed by atoms with Crippen LogP contribution in [0.1, 0.15) is 22.8 Å². The number of amidine groups is 1. The molecule has 0 saturated heterocycles. The third-order valence-corrected chi connectivity index (χ3v) is 6.36. The molecule has 37 heavy (non-hydrogen) atoms. The highest BCUT2D eigenvalue weighted by Gasteiger charge is 2.16. The molecule has 5 aromatic rings. The lowest BCUT2D eigenvalue weighted by Gasteiger charge is -2.10. The minimum atomic E-state index is -0.0663. The van der Waals surface area contributed by atoms with Crippen LogP contribution in [0.3, 0.4) is 0 Å². The first kappa shape index (κ1) is 22.6. The van der Waals surface area contributed by atoms with Gasteiger partial charge in [-0.25, -0.2) is 9.97 Å². The number of hydrogen-bond acceptors (Lipinski definition) is 6. The van der Waals surface area contributed by atoms with Gasteiger partial charge in [-0.1, -0.05) is 18.2 Å². The van der Waals surface area contributed by atoms with E-state index in [1.807, 2.05) is 54.6 Å². The van der Waals surface area contributed by atoms with Crippen molar-refractivity contribution in [2.45, 2.75) is 19.4 Å². The van der Waals surface area contributed by atoms with E-state index in [-0.39, 0.29) is 25.0 Å². The van der Waals surface area contributed by atoms with Crippen LogP contribution < -0.4 is 20.5 Å². The van der Waals surface area contributed by atoms with Gasteiger partial charge >= 0.3 is 0 Å². The molecule has 10 nitrogen and oxygen atoms in total.